The van der Waals surface area contributed by atoms with Gasteiger partial charge < -0.3 is 15.4 Å². The lowest BCUT2D eigenvalue weighted by Gasteiger charge is -2.30. The van der Waals surface area contributed by atoms with Crippen molar-refractivity contribution in [3.8, 4) is 0 Å². The van der Waals surface area contributed by atoms with Crippen LogP contribution in [0, 0.1) is 5.41 Å². The number of aliphatic imine (C=N–C) groups is 1. The molecule has 1 heterocycles. The molecule has 1 aliphatic carbocycles. The van der Waals surface area contributed by atoms with Gasteiger partial charge in [0.05, 0.1) is 0 Å². The van der Waals surface area contributed by atoms with Gasteiger partial charge in [0.2, 0.25) is 0 Å². The molecule has 2 rings (SSSR count). The number of halogens is 1. The summed E-state index contributed by atoms with van der Waals surface area (Å²) in [4.78, 5) is 4.34. The van der Waals surface area contributed by atoms with E-state index in [9.17, 15) is 0 Å². The number of rotatable bonds is 9. The van der Waals surface area contributed by atoms with Gasteiger partial charge in [0.25, 0.3) is 0 Å². The van der Waals surface area contributed by atoms with E-state index in [1.165, 1.54) is 25.7 Å². The number of guanidine groups is 1. The molecule has 7 heteroatoms. The maximum atomic E-state index is 5.29. The minimum atomic E-state index is 0. The maximum Gasteiger partial charge on any atom is 0.190 e. The average Bonchev–Trinajstić information content (AvgIpc) is 3.25. The van der Waals surface area contributed by atoms with Crippen LogP contribution in [0.25, 0.3) is 0 Å². The van der Waals surface area contributed by atoms with Crippen LogP contribution in [0.1, 0.15) is 38.5 Å². The van der Waals surface area contributed by atoms with E-state index in [0.29, 0.717) is 5.41 Å². The monoisotopic (exact) mass is 449 g/mol. The van der Waals surface area contributed by atoms with Gasteiger partial charge in [-0.05, 0) is 37.2 Å². The summed E-state index contributed by atoms with van der Waals surface area (Å²) < 4.78 is 7.25. The first kappa shape index (κ1) is 21.2. The summed E-state index contributed by atoms with van der Waals surface area (Å²) in [6.07, 6.45) is 11.2. The zero-order valence-electron chi connectivity index (χ0n) is 15.0. The van der Waals surface area contributed by atoms with Crippen LogP contribution in [0.4, 0.5) is 0 Å². The van der Waals surface area contributed by atoms with Gasteiger partial charge in [0.1, 0.15) is 0 Å². The third kappa shape index (κ3) is 6.96. The lowest BCUT2D eigenvalue weighted by molar-refractivity contribution is 0.138. The summed E-state index contributed by atoms with van der Waals surface area (Å²) in [5, 5.41) is 11.1. The highest BCUT2D eigenvalue weighted by atomic mass is 127. The highest BCUT2D eigenvalue weighted by Crippen LogP contribution is 2.40. The van der Waals surface area contributed by atoms with Crippen molar-refractivity contribution < 1.29 is 4.74 Å². The van der Waals surface area contributed by atoms with E-state index in [1.54, 1.807) is 7.11 Å². The van der Waals surface area contributed by atoms with Crippen LogP contribution in [0.15, 0.2) is 23.5 Å². The summed E-state index contributed by atoms with van der Waals surface area (Å²) in [5.74, 6) is 0.897. The Morgan fingerprint density at radius 3 is 2.75 bits per heavy atom. The van der Waals surface area contributed by atoms with Crippen molar-refractivity contribution in [2.75, 3.05) is 33.9 Å². The highest BCUT2D eigenvalue weighted by Gasteiger charge is 2.33. The molecule has 1 aromatic heterocycles. The molecule has 138 valence electrons. The van der Waals surface area contributed by atoms with Crippen molar-refractivity contribution in [1.82, 2.24) is 20.4 Å². The van der Waals surface area contributed by atoms with Crippen molar-refractivity contribution in [2.45, 2.75) is 45.1 Å². The first-order valence-electron chi connectivity index (χ1n) is 8.69. The second kappa shape index (κ2) is 11.7. The van der Waals surface area contributed by atoms with Crippen LogP contribution < -0.4 is 10.6 Å². The zero-order chi connectivity index (χ0) is 16.4. The quantitative estimate of drug-likeness (QED) is 0.263. The largest absolute Gasteiger partial charge is 0.385 e. The van der Waals surface area contributed by atoms with Gasteiger partial charge in [-0.1, -0.05) is 12.8 Å². The normalized spacial score (nSPS) is 16.7. The van der Waals surface area contributed by atoms with E-state index in [4.69, 9.17) is 4.74 Å². The van der Waals surface area contributed by atoms with Gasteiger partial charge in [-0.15, -0.1) is 24.0 Å². The molecule has 6 nitrogen and oxygen atoms in total. The Bertz CT molecular complexity index is 458. The molecule has 2 N–H and O–H groups in total. The van der Waals surface area contributed by atoms with Gasteiger partial charge in [-0.25, -0.2) is 0 Å². The number of hydrogen-bond donors (Lipinski definition) is 2. The number of aromatic nitrogens is 2. The van der Waals surface area contributed by atoms with Gasteiger partial charge in [-0.2, -0.15) is 5.10 Å². The van der Waals surface area contributed by atoms with Crippen LogP contribution in [0.5, 0.6) is 0 Å². The topological polar surface area (TPSA) is 63.5 Å². The van der Waals surface area contributed by atoms with Crippen LogP contribution in [-0.2, 0) is 11.3 Å². The summed E-state index contributed by atoms with van der Waals surface area (Å²) >= 11 is 0. The second-order valence-corrected chi connectivity index (χ2v) is 6.43. The molecule has 1 aromatic rings. The molecule has 0 radical (unpaired) electrons. The minimum absolute atomic E-state index is 0. The molecule has 0 aliphatic heterocycles. The highest BCUT2D eigenvalue weighted by molar-refractivity contribution is 14.0. The SMILES string of the molecule is CN=C(NCCCn1cccn1)NCC1(CCOC)CCCC1.I. The van der Waals surface area contributed by atoms with Gasteiger partial charge in [0.15, 0.2) is 5.96 Å². The number of nitrogens with zero attached hydrogens (tertiary/aromatic N) is 3. The van der Waals surface area contributed by atoms with Crippen molar-refractivity contribution in [3.63, 3.8) is 0 Å². The van der Waals surface area contributed by atoms with Gasteiger partial charge >= 0.3 is 0 Å². The molecule has 1 aliphatic rings. The number of ether oxygens (including phenoxy) is 1. The van der Waals surface area contributed by atoms with Crippen molar-refractivity contribution >= 4 is 29.9 Å². The van der Waals surface area contributed by atoms with Crippen LogP contribution >= 0.6 is 24.0 Å². The Labute approximate surface area is 162 Å². The van der Waals surface area contributed by atoms with Gasteiger partial charge in [-0.3, -0.25) is 9.67 Å². The molecule has 1 fully saturated rings. The Balaban J connectivity index is 0.00000288. The first-order chi connectivity index (χ1) is 11.3. The molecule has 0 atom stereocenters. The Kier molecular flexibility index (Phi) is 10.3. The zero-order valence-corrected chi connectivity index (χ0v) is 17.3. The van der Waals surface area contributed by atoms with E-state index in [0.717, 1.165) is 45.0 Å². The molecular formula is C17H32IN5O. The summed E-state index contributed by atoms with van der Waals surface area (Å²) in [7, 11) is 3.62. The average molecular weight is 449 g/mol. The number of hydrogen-bond acceptors (Lipinski definition) is 3. The fraction of sp³-hybridized carbons (Fsp3) is 0.765. The molecule has 0 bridgehead atoms. The third-order valence-electron chi connectivity index (χ3n) is 4.77. The summed E-state index contributed by atoms with van der Waals surface area (Å²) in [6.45, 7) is 3.64. The molecule has 0 unspecified atom stereocenters. The number of methoxy groups -OCH3 is 1. The van der Waals surface area contributed by atoms with E-state index >= 15 is 0 Å². The Hall–Kier alpha value is -0.830. The van der Waals surface area contributed by atoms with E-state index < -0.39 is 0 Å². The van der Waals surface area contributed by atoms with Crippen LogP contribution in [0.3, 0.4) is 0 Å². The third-order valence-corrected chi connectivity index (χ3v) is 4.77. The smallest absolute Gasteiger partial charge is 0.190 e. The standard InChI is InChI=1S/C17H31N5O.HI/c1-18-16(19-10-5-12-22-13-6-11-21-22)20-15-17(9-14-23-2)7-3-4-8-17;/h6,11,13H,3-5,7-10,12,14-15H2,1-2H3,(H2,18,19,20);1H. The molecule has 0 amide bonds. The molecule has 0 saturated heterocycles. The van der Waals surface area contributed by atoms with Crippen LogP contribution in [0.2, 0.25) is 0 Å². The summed E-state index contributed by atoms with van der Waals surface area (Å²) in [6, 6.07) is 1.95. The maximum absolute atomic E-state index is 5.29. The lowest BCUT2D eigenvalue weighted by Crippen LogP contribution is -2.43. The lowest BCUT2D eigenvalue weighted by atomic mass is 9.83. The molecule has 24 heavy (non-hydrogen) atoms. The molecule has 1 saturated carbocycles. The predicted octanol–water partition coefficient (Wildman–Crippen LogP) is 2.65. The number of nitrogens with one attached hydrogen (secondary N) is 2. The van der Waals surface area contributed by atoms with Crippen LogP contribution in [-0.4, -0.2) is 49.6 Å². The molecule has 0 aromatic carbocycles. The van der Waals surface area contributed by atoms with Gasteiger partial charge in [0, 0.05) is 52.8 Å². The van der Waals surface area contributed by atoms with E-state index in [1.807, 2.05) is 30.2 Å². The Morgan fingerprint density at radius 1 is 1.33 bits per heavy atom. The van der Waals surface area contributed by atoms with E-state index in [-0.39, 0.29) is 24.0 Å². The molecule has 0 spiro atoms. The fourth-order valence-corrected chi connectivity index (χ4v) is 3.33. The van der Waals surface area contributed by atoms with Crippen molar-refractivity contribution in [3.05, 3.63) is 18.5 Å². The van der Waals surface area contributed by atoms with Crippen molar-refractivity contribution in [2.24, 2.45) is 10.4 Å². The van der Waals surface area contributed by atoms with E-state index in [2.05, 4.69) is 20.7 Å². The van der Waals surface area contributed by atoms with Crippen molar-refractivity contribution in [1.29, 1.82) is 0 Å². The first-order valence-corrected chi connectivity index (χ1v) is 8.69. The predicted molar refractivity (Wildman–Crippen MR) is 109 cm³/mol. The summed E-state index contributed by atoms with van der Waals surface area (Å²) in [5.41, 5.74) is 0.378. The Morgan fingerprint density at radius 2 is 2.12 bits per heavy atom. The minimum Gasteiger partial charge on any atom is -0.385 e. The second-order valence-electron chi connectivity index (χ2n) is 6.43. The molecular weight excluding hydrogens is 417 g/mol. The number of aryl methyl sites for hydroxylation is 1. The fourth-order valence-electron chi connectivity index (χ4n) is 3.33.